The normalized spacial score (nSPS) is 13.9. The van der Waals surface area contributed by atoms with Gasteiger partial charge in [-0.3, -0.25) is 4.79 Å². The number of hydrogen-bond acceptors (Lipinski definition) is 5. The van der Waals surface area contributed by atoms with Crippen molar-refractivity contribution >= 4 is 5.91 Å². The summed E-state index contributed by atoms with van der Waals surface area (Å²) in [6.07, 6.45) is 65.5. The van der Waals surface area contributed by atoms with Crippen molar-refractivity contribution in [2.45, 2.75) is 340 Å². The number of rotatable bonds is 54. The van der Waals surface area contributed by atoms with Gasteiger partial charge in [0.15, 0.2) is 0 Å². The van der Waals surface area contributed by atoms with Crippen molar-refractivity contribution in [3.05, 3.63) is 24.3 Å². The molecule has 0 heterocycles. The average molecular weight is 919 g/mol. The van der Waals surface area contributed by atoms with Crippen molar-refractivity contribution in [3.63, 3.8) is 0 Å². The SMILES string of the molecule is CCCCCCCCCCC/C=C\CCCCCCC(O)C(=O)NC(CO)C(O)C(O)CCC/C=C/CCCCCCCCCCCCCCCCCCCCCCCCCCCCC. The van der Waals surface area contributed by atoms with Gasteiger partial charge < -0.3 is 25.7 Å². The maximum absolute atomic E-state index is 12.6. The molecular weight excluding hydrogens is 803 g/mol. The number of hydrogen-bond donors (Lipinski definition) is 5. The average Bonchev–Trinajstić information content (AvgIpc) is 3.31. The smallest absolute Gasteiger partial charge is 0.249 e. The van der Waals surface area contributed by atoms with Crippen LogP contribution in [0.25, 0.3) is 0 Å². The Balaban J connectivity index is 3.60. The molecule has 0 saturated heterocycles. The highest BCUT2D eigenvalue weighted by Gasteiger charge is 2.28. The van der Waals surface area contributed by atoms with Gasteiger partial charge in [-0.05, 0) is 64.2 Å². The van der Waals surface area contributed by atoms with Crippen LogP contribution < -0.4 is 5.32 Å². The molecule has 0 aromatic carbocycles. The first-order valence-corrected chi connectivity index (χ1v) is 29.2. The minimum Gasteiger partial charge on any atom is -0.394 e. The number of allylic oxidation sites excluding steroid dienone is 4. The molecule has 6 nitrogen and oxygen atoms in total. The van der Waals surface area contributed by atoms with E-state index < -0.39 is 36.9 Å². The van der Waals surface area contributed by atoms with E-state index in [0.717, 1.165) is 51.4 Å². The van der Waals surface area contributed by atoms with E-state index in [2.05, 4.69) is 43.5 Å². The second-order valence-corrected chi connectivity index (χ2v) is 20.3. The van der Waals surface area contributed by atoms with Gasteiger partial charge in [-0.15, -0.1) is 0 Å². The van der Waals surface area contributed by atoms with E-state index in [1.807, 2.05) is 0 Å². The number of carbonyl (C=O) groups excluding carboxylic acids is 1. The van der Waals surface area contributed by atoms with Crippen molar-refractivity contribution < 1.29 is 25.2 Å². The lowest BCUT2D eigenvalue weighted by Crippen LogP contribution is -2.53. The Morgan fingerprint density at radius 2 is 0.631 bits per heavy atom. The largest absolute Gasteiger partial charge is 0.394 e. The fourth-order valence-corrected chi connectivity index (χ4v) is 9.29. The molecule has 4 atom stereocenters. The Hall–Kier alpha value is -1.21. The summed E-state index contributed by atoms with van der Waals surface area (Å²) in [7, 11) is 0. The Morgan fingerprint density at radius 1 is 0.369 bits per heavy atom. The molecule has 65 heavy (non-hydrogen) atoms. The number of carbonyl (C=O) groups is 1. The second-order valence-electron chi connectivity index (χ2n) is 20.3. The van der Waals surface area contributed by atoms with Crippen LogP contribution in [0.3, 0.4) is 0 Å². The number of aliphatic hydroxyl groups excluding tert-OH is 4. The molecule has 4 unspecified atom stereocenters. The zero-order chi connectivity index (χ0) is 47.4. The third kappa shape index (κ3) is 47.6. The standard InChI is InChI=1S/C59H115NO5/c1-3-5-7-9-11-13-15-17-19-21-22-23-24-25-26-27-28-29-30-31-32-33-34-35-37-38-40-42-44-46-48-50-52-56(62)58(64)55(54-61)60-59(65)57(63)53-51-49-47-45-43-41-39-36-20-18-16-14-12-10-8-6-4-2/h39,41,44,46,55-58,61-64H,3-38,40,42-43,45,47-54H2,1-2H3,(H,60,65)/b41-39-,46-44+. The zero-order valence-corrected chi connectivity index (χ0v) is 43.8. The van der Waals surface area contributed by atoms with Crippen molar-refractivity contribution in [2.24, 2.45) is 0 Å². The Morgan fingerprint density at radius 3 is 0.923 bits per heavy atom. The first kappa shape index (κ1) is 63.8. The molecule has 6 heteroatoms. The van der Waals surface area contributed by atoms with Crippen LogP contribution in [0, 0.1) is 0 Å². The minimum absolute atomic E-state index is 0.350. The van der Waals surface area contributed by atoms with Gasteiger partial charge in [-0.1, -0.05) is 276 Å². The summed E-state index contributed by atoms with van der Waals surface area (Å²) in [5.41, 5.74) is 0. The quantitative estimate of drug-likeness (QED) is 0.0308. The Kier molecular flexibility index (Phi) is 52.7. The minimum atomic E-state index is -1.29. The van der Waals surface area contributed by atoms with Gasteiger partial charge in [0.2, 0.25) is 5.91 Å². The molecule has 0 aliphatic heterocycles. The molecule has 1 amide bonds. The summed E-state index contributed by atoms with van der Waals surface area (Å²) in [5, 5.41) is 43.9. The summed E-state index contributed by atoms with van der Waals surface area (Å²) in [6.45, 7) is 4.07. The molecule has 0 aliphatic rings. The molecule has 0 fully saturated rings. The van der Waals surface area contributed by atoms with Crippen LogP contribution in [-0.4, -0.2) is 57.3 Å². The van der Waals surface area contributed by atoms with Gasteiger partial charge in [0.1, 0.15) is 12.2 Å². The molecule has 0 saturated carbocycles. The lowest BCUT2D eigenvalue weighted by Gasteiger charge is -2.27. The predicted molar refractivity (Wildman–Crippen MR) is 284 cm³/mol. The Bertz CT molecular complexity index is 986. The zero-order valence-electron chi connectivity index (χ0n) is 43.8. The topological polar surface area (TPSA) is 110 Å². The Labute approximate surface area is 405 Å². The van der Waals surface area contributed by atoms with Crippen LogP contribution in [0.2, 0.25) is 0 Å². The van der Waals surface area contributed by atoms with Crippen LogP contribution >= 0.6 is 0 Å². The molecule has 0 bridgehead atoms. The van der Waals surface area contributed by atoms with Crippen LogP contribution in [0.1, 0.15) is 316 Å². The van der Waals surface area contributed by atoms with Crippen molar-refractivity contribution in [3.8, 4) is 0 Å². The number of amides is 1. The number of unbranched alkanes of at least 4 members (excludes halogenated alkanes) is 41. The molecule has 386 valence electrons. The lowest BCUT2D eigenvalue weighted by atomic mass is 10.00. The highest BCUT2D eigenvalue weighted by molar-refractivity contribution is 5.80. The van der Waals surface area contributed by atoms with E-state index >= 15 is 0 Å². The van der Waals surface area contributed by atoms with E-state index in [1.54, 1.807) is 0 Å². The van der Waals surface area contributed by atoms with Crippen molar-refractivity contribution in [1.29, 1.82) is 0 Å². The fraction of sp³-hybridized carbons (Fsp3) is 0.915. The first-order valence-electron chi connectivity index (χ1n) is 29.2. The van der Waals surface area contributed by atoms with Gasteiger partial charge in [0, 0.05) is 0 Å². The van der Waals surface area contributed by atoms with E-state index in [0.29, 0.717) is 12.8 Å². The van der Waals surface area contributed by atoms with E-state index in [1.165, 1.54) is 238 Å². The fourth-order valence-electron chi connectivity index (χ4n) is 9.29. The maximum atomic E-state index is 12.6. The van der Waals surface area contributed by atoms with E-state index in [4.69, 9.17) is 0 Å². The molecule has 0 rings (SSSR count). The lowest BCUT2D eigenvalue weighted by molar-refractivity contribution is -0.132. The van der Waals surface area contributed by atoms with Gasteiger partial charge >= 0.3 is 0 Å². The summed E-state index contributed by atoms with van der Waals surface area (Å²) >= 11 is 0. The molecule has 0 aromatic rings. The molecule has 0 spiro atoms. The van der Waals surface area contributed by atoms with E-state index in [-0.39, 0.29) is 0 Å². The molecule has 0 aliphatic carbocycles. The van der Waals surface area contributed by atoms with E-state index in [9.17, 15) is 25.2 Å². The summed E-state index contributed by atoms with van der Waals surface area (Å²) in [5.74, 6) is -0.598. The number of nitrogens with one attached hydrogen (secondary N) is 1. The predicted octanol–water partition coefficient (Wildman–Crippen LogP) is 17.0. The van der Waals surface area contributed by atoms with Gasteiger partial charge in [-0.2, -0.15) is 0 Å². The van der Waals surface area contributed by atoms with Crippen LogP contribution in [0.4, 0.5) is 0 Å². The maximum Gasteiger partial charge on any atom is 0.249 e. The molecule has 0 aromatic heterocycles. The van der Waals surface area contributed by atoms with Gasteiger partial charge in [-0.25, -0.2) is 0 Å². The van der Waals surface area contributed by atoms with Crippen LogP contribution in [0.15, 0.2) is 24.3 Å². The third-order valence-electron chi connectivity index (χ3n) is 13.9. The monoisotopic (exact) mass is 918 g/mol. The molecular formula is C59H115NO5. The molecule has 5 N–H and O–H groups in total. The molecule has 0 radical (unpaired) electrons. The summed E-state index contributed by atoms with van der Waals surface area (Å²) in [6, 6.07) is -1.01. The highest BCUT2D eigenvalue weighted by Crippen LogP contribution is 2.18. The van der Waals surface area contributed by atoms with Gasteiger partial charge in [0.05, 0.1) is 18.8 Å². The van der Waals surface area contributed by atoms with Crippen LogP contribution in [-0.2, 0) is 4.79 Å². The third-order valence-corrected chi connectivity index (χ3v) is 13.9. The number of aliphatic hydroxyl groups is 4. The van der Waals surface area contributed by atoms with Crippen molar-refractivity contribution in [1.82, 2.24) is 5.32 Å². The summed E-state index contributed by atoms with van der Waals surface area (Å²) < 4.78 is 0. The highest BCUT2D eigenvalue weighted by atomic mass is 16.3. The second kappa shape index (κ2) is 53.7. The van der Waals surface area contributed by atoms with Crippen molar-refractivity contribution in [2.75, 3.05) is 6.61 Å². The van der Waals surface area contributed by atoms with Crippen LogP contribution in [0.5, 0.6) is 0 Å². The summed E-state index contributed by atoms with van der Waals surface area (Å²) in [4.78, 5) is 12.6. The first-order chi connectivity index (χ1) is 32.0. The van der Waals surface area contributed by atoms with Gasteiger partial charge in [0.25, 0.3) is 0 Å².